The maximum atomic E-state index is 13.2. The first-order chi connectivity index (χ1) is 16.5. The lowest BCUT2D eigenvalue weighted by Crippen LogP contribution is -2.40. The largest absolute Gasteiger partial charge is 0.367 e. The summed E-state index contributed by atoms with van der Waals surface area (Å²) in [5.41, 5.74) is 5.64. The lowest BCUT2D eigenvalue weighted by molar-refractivity contribution is -0.143. The molecule has 1 N–H and O–H groups in total. The van der Waals surface area contributed by atoms with Crippen molar-refractivity contribution in [2.24, 2.45) is 0 Å². The van der Waals surface area contributed by atoms with Gasteiger partial charge in [-0.3, -0.25) is 14.6 Å². The number of nitrogens with one attached hydrogen (secondary N) is 1. The molecule has 2 heterocycles. The van der Waals surface area contributed by atoms with Crippen molar-refractivity contribution in [1.82, 2.24) is 15.2 Å². The number of aromatic nitrogens is 1. The van der Waals surface area contributed by atoms with E-state index in [-0.39, 0.29) is 11.8 Å². The molecular formula is C27H29N3O3S. The number of hydrogen-bond acceptors (Lipinski definition) is 5. The number of rotatable bonds is 7. The van der Waals surface area contributed by atoms with Gasteiger partial charge in [0.2, 0.25) is 0 Å². The van der Waals surface area contributed by atoms with E-state index in [1.807, 2.05) is 78.9 Å². The fourth-order valence-corrected chi connectivity index (χ4v) is 5.01. The summed E-state index contributed by atoms with van der Waals surface area (Å²) in [6.07, 6.45) is 3.90. The van der Waals surface area contributed by atoms with E-state index in [1.54, 1.807) is 18.9 Å². The van der Waals surface area contributed by atoms with Crippen molar-refractivity contribution in [3.8, 4) is 0 Å². The van der Waals surface area contributed by atoms with E-state index in [4.69, 9.17) is 4.74 Å². The van der Waals surface area contributed by atoms with Crippen LogP contribution in [0.3, 0.4) is 0 Å². The predicted molar refractivity (Wildman–Crippen MR) is 134 cm³/mol. The Morgan fingerprint density at radius 3 is 2.62 bits per heavy atom. The molecule has 0 spiro atoms. The number of thioether (sulfide) groups is 1. The van der Waals surface area contributed by atoms with Gasteiger partial charge in [-0.1, -0.05) is 42.5 Å². The number of ether oxygens (including phenoxy) is 1. The minimum Gasteiger partial charge on any atom is -0.367 e. The normalized spacial score (nSPS) is 13.8. The number of aryl methyl sites for hydroxylation is 1. The van der Waals surface area contributed by atoms with E-state index in [0.717, 1.165) is 27.3 Å². The first-order valence-corrected chi connectivity index (χ1v) is 12.5. The molecule has 1 atom stereocenters. The van der Waals surface area contributed by atoms with Crippen LogP contribution in [0.15, 0.2) is 65.7 Å². The number of methoxy groups -OCH3 is 1. The highest BCUT2D eigenvalue weighted by molar-refractivity contribution is 7.98. The molecule has 0 saturated carbocycles. The number of carbonyl (C=O) groups is 2. The molecule has 2 aromatic carbocycles. The molecule has 6 nitrogen and oxygen atoms in total. The predicted octanol–water partition coefficient (Wildman–Crippen LogP) is 4.31. The summed E-state index contributed by atoms with van der Waals surface area (Å²) in [6.45, 7) is 3.44. The molecule has 34 heavy (non-hydrogen) atoms. The second kappa shape index (κ2) is 10.8. The van der Waals surface area contributed by atoms with Crippen molar-refractivity contribution in [2.45, 2.75) is 37.4 Å². The molecular weight excluding hydrogens is 446 g/mol. The van der Waals surface area contributed by atoms with Gasteiger partial charge in [0.1, 0.15) is 0 Å². The van der Waals surface area contributed by atoms with Gasteiger partial charge in [-0.15, -0.1) is 11.8 Å². The van der Waals surface area contributed by atoms with Gasteiger partial charge >= 0.3 is 0 Å². The zero-order chi connectivity index (χ0) is 24.1. The summed E-state index contributed by atoms with van der Waals surface area (Å²) in [5, 5.41) is 3.07. The van der Waals surface area contributed by atoms with Crippen molar-refractivity contribution >= 4 is 23.6 Å². The number of carbonyl (C=O) groups excluding carboxylic acids is 2. The van der Waals surface area contributed by atoms with Crippen LogP contribution in [-0.4, -0.2) is 41.6 Å². The molecule has 0 bridgehead atoms. The summed E-state index contributed by atoms with van der Waals surface area (Å²) in [6, 6.07) is 17.2. The third-order valence-electron chi connectivity index (χ3n) is 6.25. The summed E-state index contributed by atoms with van der Waals surface area (Å²) in [7, 11) is 1.56. The highest BCUT2D eigenvalue weighted by Crippen LogP contribution is 2.28. The maximum Gasteiger partial charge on any atom is 0.256 e. The van der Waals surface area contributed by atoms with E-state index in [9.17, 15) is 9.59 Å². The van der Waals surface area contributed by atoms with Gasteiger partial charge in [-0.25, -0.2) is 0 Å². The van der Waals surface area contributed by atoms with Crippen LogP contribution in [0.4, 0.5) is 0 Å². The Bertz CT molecular complexity index is 1180. The molecule has 3 aromatic rings. The van der Waals surface area contributed by atoms with Gasteiger partial charge in [0.05, 0.1) is 5.56 Å². The monoisotopic (exact) mass is 475 g/mol. The zero-order valence-electron chi connectivity index (χ0n) is 19.7. The van der Waals surface area contributed by atoms with Crippen LogP contribution in [0, 0.1) is 6.92 Å². The highest BCUT2D eigenvalue weighted by atomic mass is 32.2. The Kier molecular flexibility index (Phi) is 7.65. The molecule has 1 unspecified atom stereocenters. The van der Waals surface area contributed by atoms with E-state index in [1.165, 1.54) is 5.56 Å². The Labute approximate surface area is 204 Å². The second-order valence-corrected chi connectivity index (χ2v) is 9.09. The average molecular weight is 476 g/mol. The summed E-state index contributed by atoms with van der Waals surface area (Å²) in [5.74, 6) is -0.149. The van der Waals surface area contributed by atoms with Crippen LogP contribution in [0.1, 0.15) is 44.4 Å². The average Bonchev–Trinajstić information content (AvgIpc) is 2.88. The van der Waals surface area contributed by atoms with Crippen LogP contribution in [0.2, 0.25) is 0 Å². The van der Waals surface area contributed by atoms with Gasteiger partial charge in [-0.2, -0.15) is 0 Å². The lowest BCUT2D eigenvalue weighted by atomic mass is 9.94. The fourth-order valence-electron chi connectivity index (χ4n) is 4.41. The number of hydrogen-bond donors (Lipinski definition) is 1. The summed E-state index contributed by atoms with van der Waals surface area (Å²) >= 11 is 1.56. The molecule has 1 aliphatic rings. The van der Waals surface area contributed by atoms with Crippen molar-refractivity contribution < 1.29 is 14.3 Å². The molecule has 0 fully saturated rings. The number of fused-ring (bicyclic) bond motifs is 1. The SMILES string of the molecule is COC(C(=O)N1CCc2c(cnc(C)c2CNC(=O)c2ccccc2SC)C1)c1ccccc1. The summed E-state index contributed by atoms with van der Waals surface area (Å²) < 4.78 is 5.55. The van der Waals surface area contributed by atoms with Gasteiger partial charge in [-0.05, 0) is 54.0 Å². The fraction of sp³-hybridized carbons (Fsp3) is 0.296. The number of pyridine rings is 1. The van der Waals surface area contributed by atoms with Gasteiger partial charge in [0.25, 0.3) is 11.8 Å². The smallest absolute Gasteiger partial charge is 0.256 e. The van der Waals surface area contributed by atoms with Crippen molar-refractivity contribution in [3.63, 3.8) is 0 Å². The van der Waals surface area contributed by atoms with Crippen molar-refractivity contribution in [2.75, 3.05) is 19.9 Å². The van der Waals surface area contributed by atoms with E-state index >= 15 is 0 Å². The molecule has 4 rings (SSSR count). The molecule has 7 heteroatoms. The molecule has 0 saturated heterocycles. The maximum absolute atomic E-state index is 13.2. The van der Waals surface area contributed by atoms with E-state index < -0.39 is 6.10 Å². The van der Waals surface area contributed by atoms with Gasteiger partial charge < -0.3 is 15.0 Å². The van der Waals surface area contributed by atoms with Gasteiger partial charge in [0.15, 0.2) is 6.10 Å². The van der Waals surface area contributed by atoms with Gasteiger partial charge in [0, 0.05) is 43.5 Å². The molecule has 0 aliphatic carbocycles. The lowest BCUT2D eigenvalue weighted by Gasteiger charge is -2.32. The number of nitrogens with zero attached hydrogens (tertiary/aromatic N) is 2. The highest BCUT2D eigenvalue weighted by Gasteiger charge is 2.30. The second-order valence-electron chi connectivity index (χ2n) is 8.25. The van der Waals surface area contributed by atoms with Crippen LogP contribution in [0.25, 0.3) is 0 Å². The minimum absolute atomic E-state index is 0.0524. The molecule has 176 valence electrons. The van der Waals surface area contributed by atoms with Crippen LogP contribution in [0.5, 0.6) is 0 Å². The third-order valence-corrected chi connectivity index (χ3v) is 7.04. The van der Waals surface area contributed by atoms with Crippen molar-refractivity contribution in [3.05, 3.63) is 94.3 Å². The summed E-state index contributed by atoms with van der Waals surface area (Å²) in [4.78, 5) is 33.4. The molecule has 1 aromatic heterocycles. The Hall–Kier alpha value is -3.16. The Morgan fingerprint density at radius 1 is 1.15 bits per heavy atom. The molecule has 1 aliphatic heterocycles. The van der Waals surface area contributed by atoms with E-state index in [0.29, 0.717) is 31.6 Å². The topological polar surface area (TPSA) is 71.5 Å². The van der Waals surface area contributed by atoms with Crippen molar-refractivity contribution in [1.29, 1.82) is 0 Å². The minimum atomic E-state index is -0.628. The Balaban J connectivity index is 1.50. The number of benzene rings is 2. The quantitative estimate of drug-likeness (QED) is 0.516. The number of amides is 2. The van der Waals surface area contributed by atoms with Crippen LogP contribution in [-0.2, 0) is 29.0 Å². The van der Waals surface area contributed by atoms with Crippen LogP contribution >= 0.6 is 11.8 Å². The standard InChI is InChI=1S/C27H29N3O3S/c1-18-23(16-29-26(31)22-11-7-8-12-24(22)34-3)21-13-14-30(17-20(21)15-28-18)27(32)25(33-2)19-9-5-4-6-10-19/h4-12,15,25H,13-14,16-17H2,1-3H3,(H,29,31). The third kappa shape index (κ3) is 5.00. The first-order valence-electron chi connectivity index (χ1n) is 11.3. The Morgan fingerprint density at radius 2 is 1.88 bits per heavy atom. The van der Waals surface area contributed by atoms with Crippen LogP contribution < -0.4 is 5.32 Å². The zero-order valence-corrected chi connectivity index (χ0v) is 20.5. The van der Waals surface area contributed by atoms with E-state index in [2.05, 4.69) is 10.3 Å². The molecule has 2 amide bonds. The first kappa shape index (κ1) is 24.0. The molecule has 0 radical (unpaired) electrons.